The maximum atomic E-state index is 11.3. The third-order valence-electron chi connectivity index (χ3n) is 1.65. The van der Waals surface area contributed by atoms with Crippen LogP contribution in [0.5, 0.6) is 0 Å². The van der Waals surface area contributed by atoms with Gasteiger partial charge in [-0.25, -0.2) is 4.79 Å². The summed E-state index contributed by atoms with van der Waals surface area (Å²) >= 11 is 0. The predicted molar refractivity (Wildman–Crippen MR) is 51.5 cm³/mol. The third-order valence-corrected chi connectivity index (χ3v) is 1.65. The van der Waals surface area contributed by atoms with Crippen LogP contribution in [0.4, 0.5) is 0 Å². The Morgan fingerprint density at radius 3 is 2.31 bits per heavy atom. The molecule has 0 atom stereocenters. The Balaban J connectivity index is 3.00. The van der Waals surface area contributed by atoms with Gasteiger partial charge >= 0.3 is 5.97 Å². The molecule has 0 aliphatic carbocycles. The van der Waals surface area contributed by atoms with Gasteiger partial charge in [0.25, 0.3) is 0 Å². The average Bonchev–Trinajstić information content (AvgIpc) is 2.03. The number of aryl methyl sites for hydroxylation is 2. The Hall–Kier alpha value is -1.57. The van der Waals surface area contributed by atoms with E-state index in [1.165, 1.54) is 0 Å². The molecule has 13 heavy (non-hydrogen) atoms. The number of carbonyl (C=O) groups is 1. The highest BCUT2D eigenvalue weighted by atomic mass is 16.5. The Kier molecular flexibility index (Phi) is 2.85. The molecule has 0 aliphatic rings. The minimum absolute atomic E-state index is 0.359. The van der Waals surface area contributed by atoms with Crippen molar-refractivity contribution in [2.75, 3.05) is 0 Å². The van der Waals surface area contributed by atoms with Crippen LogP contribution in [0, 0.1) is 13.8 Å². The fraction of sp³-hybridized carbons (Fsp3) is 0.182. The second-order valence-corrected chi connectivity index (χ2v) is 2.95. The van der Waals surface area contributed by atoms with Crippen LogP contribution in [-0.2, 0) is 4.74 Å². The van der Waals surface area contributed by atoms with E-state index in [0.717, 1.165) is 17.4 Å². The van der Waals surface area contributed by atoms with Gasteiger partial charge in [0.05, 0.1) is 11.8 Å². The standard InChI is InChI=1S/C11H12O2/c1-4-13-11(12)10-6-8(2)5-9(3)7-10/h4-7H,1H2,2-3H3. The molecule has 0 unspecified atom stereocenters. The maximum absolute atomic E-state index is 11.3. The first-order valence-corrected chi connectivity index (χ1v) is 4.03. The summed E-state index contributed by atoms with van der Waals surface area (Å²) in [4.78, 5) is 11.3. The normalized spacial score (nSPS) is 9.38. The van der Waals surface area contributed by atoms with Gasteiger partial charge in [0, 0.05) is 0 Å². The van der Waals surface area contributed by atoms with Crippen LogP contribution < -0.4 is 0 Å². The molecule has 0 N–H and O–H groups in total. The van der Waals surface area contributed by atoms with Crippen LogP contribution >= 0.6 is 0 Å². The summed E-state index contributed by atoms with van der Waals surface area (Å²) in [6.45, 7) is 7.21. The molecule has 1 aromatic carbocycles. The third kappa shape index (κ3) is 2.44. The molecule has 0 spiro atoms. The zero-order valence-electron chi connectivity index (χ0n) is 7.83. The minimum Gasteiger partial charge on any atom is -0.432 e. The second-order valence-electron chi connectivity index (χ2n) is 2.95. The zero-order valence-corrected chi connectivity index (χ0v) is 7.83. The van der Waals surface area contributed by atoms with Gasteiger partial charge in [-0.3, -0.25) is 0 Å². The lowest BCUT2D eigenvalue weighted by molar-refractivity contribution is 0.0664. The molecule has 0 radical (unpaired) electrons. The van der Waals surface area contributed by atoms with E-state index in [-0.39, 0.29) is 5.97 Å². The van der Waals surface area contributed by atoms with Crippen molar-refractivity contribution in [2.24, 2.45) is 0 Å². The first kappa shape index (κ1) is 9.52. The number of rotatable bonds is 2. The summed E-state index contributed by atoms with van der Waals surface area (Å²) in [5.41, 5.74) is 2.67. The highest BCUT2D eigenvalue weighted by Crippen LogP contribution is 2.09. The van der Waals surface area contributed by atoms with Crippen molar-refractivity contribution in [3.05, 3.63) is 47.7 Å². The highest BCUT2D eigenvalue weighted by molar-refractivity contribution is 5.90. The van der Waals surface area contributed by atoms with Crippen LogP contribution in [0.25, 0.3) is 0 Å². The topological polar surface area (TPSA) is 26.3 Å². The van der Waals surface area contributed by atoms with Crippen molar-refractivity contribution in [1.29, 1.82) is 0 Å². The van der Waals surface area contributed by atoms with E-state index < -0.39 is 0 Å². The molecule has 0 amide bonds. The van der Waals surface area contributed by atoms with Crippen molar-refractivity contribution >= 4 is 5.97 Å². The molecule has 1 rings (SSSR count). The van der Waals surface area contributed by atoms with Gasteiger partial charge in [0.1, 0.15) is 0 Å². The van der Waals surface area contributed by atoms with E-state index in [1.807, 2.05) is 19.9 Å². The number of carbonyl (C=O) groups excluding carboxylic acids is 1. The Labute approximate surface area is 77.8 Å². The molecule has 0 aromatic heterocycles. The van der Waals surface area contributed by atoms with Gasteiger partial charge in [-0.1, -0.05) is 23.8 Å². The highest BCUT2D eigenvalue weighted by Gasteiger charge is 2.05. The molecule has 0 saturated heterocycles. The molecule has 0 bridgehead atoms. The van der Waals surface area contributed by atoms with Crippen LogP contribution in [0.2, 0.25) is 0 Å². The predicted octanol–water partition coefficient (Wildman–Crippen LogP) is 2.60. The lowest BCUT2D eigenvalue weighted by Gasteiger charge is -2.02. The number of esters is 1. The van der Waals surface area contributed by atoms with Gasteiger partial charge in [-0.2, -0.15) is 0 Å². The molecule has 2 nitrogen and oxygen atoms in total. The van der Waals surface area contributed by atoms with E-state index in [0.29, 0.717) is 5.56 Å². The Bertz CT molecular complexity index is 320. The summed E-state index contributed by atoms with van der Waals surface area (Å²) in [5, 5.41) is 0. The van der Waals surface area contributed by atoms with Crippen molar-refractivity contribution in [2.45, 2.75) is 13.8 Å². The number of ether oxygens (including phenoxy) is 1. The van der Waals surface area contributed by atoms with Gasteiger partial charge in [-0.05, 0) is 26.0 Å². The maximum Gasteiger partial charge on any atom is 0.342 e. The van der Waals surface area contributed by atoms with Gasteiger partial charge in [-0.15, -0.1) is 0 Å². The van der Waals surface area contributed by atoms with Crippen LogP contribution in [-0.4, -0.2) is 5.97 Å². The monoisotopic (exact) mass is 176 g/mol. The summed E-state index contributed by atoms with van der Waals surface area (Å²) in [7, 11) is 0. The molecule has 0 saturated carbocycles. The second kappa shape index (κ2) is 3.90. The SMILES string of the molecule is C=COC(=O)c1cc(C)cc(C)c1. The van der Waals surface area contributed by atoms with E-state index in [2.05, 4.69) is 11.3 Å². The molecule has 0 aliphatic heterocycles. The number of hydrogen-bond acceptors (Lipinski definition) is 2. The van der Waals surface area contributed by atoms with Crippen LogP contribution in [0.1, 0.15) is 21.5 Å². The number of hydrogen-bond donors (Lipinski definition) is 0. The largest absolute Gasteiger partial charge is 0.432 e. The van der Waals surface area contributed by atoms with E-state index in [4.69, 9.17) is 0 Å². The van der Waals surface area contributed by atoms with Crippen molar-refractivity contribution in [3.63, 3.8) is 0 Å². The van der Waals surface area contributed by atoms with Gasteiger partial charge in [0.2, 0.25) is 0 Å². The smallest absolute Gasteiger partial charge is 0.342 e. The van der Waals surface area contributed by atoms with Crippen molar-refractivity contribution in [3.8, 4) is 0 Å². The molecule has 0 heterocycles. The van der Waals surface area contributed by atoms with E-state index in [1.54, 1.807) is 12.1 Å². The molecular formula is C11H12O2. The fourth-order valence-corrected chi connectivity index (χ4v) is 1.24. The first-order valence-electron chi connectivity index (χ1n) is 4.03. The summed E-state index contributed by atoms with van der Waals surface area (Å²) in [6, 6.07) is 5.59. The summed E-state index contributed by atoms with van der Waals surface area (Å²) in [5.74, 6) is -0.359. The van der Waals surface area contributed by atoms with Crippen molar-refractivity contribution < 1.29 is 9.53 Å². The lowest BCUT2D eigenvalue weighted by atomic mass is 10.1. The fourth-order valence-electron chi connectivity index (χ4n) is 1.24. The van der Waals surface area contributed by atoms with E-state index in [9.17, 15) is 4.79 Å². The Morgan fingerprint density at radius 2 is 1.85 bits per heavy atom. The molecular weight excluding hydrogens is 164 g/mol. The minimum atomic E-state index is -0.359. The lowest BCUT2D eigenvalue weighted by Crippen LogP contribution is -2.01. The van der Waals surface area contributed by atoms with Gasteiger partial charge < -0.3 is 4.74 Å². The van der Waals surface area contributed by atoms with Crippen molar-refractivity contribution in [1.82, 2.24) is 0 Å². The van der Waals surface area contributed by atoms with Crippen LogP contribution in [0.3, 0.4) is 0 Å². The molecule has 0 fully saturated rings. The molecule has 1 aromatic rings. The van der Waals surface area contributed by atoms with Crippen LogP contribution in [0.15, 0.2) is 31.0 Å². The van der Waals surface area contributed by atoms with E-state index >= 15 is 0 Å². The summed E-state index contributed by atoms with van der Waals surface area (Å²) in [6.07, 6.45) is 1.14. The quantitative estimate of drug-likeness (QED) is 0.511. The molecule has 2 heteroatoms. The van der Waals surface area contributed by atoms with Gasteiger partial charge in [0.15, 0.2) is 0 Å². The zero-order chi connectivity index (χ0) is 9.84. The number of benzene rings is 1. The average molecular weight is 176 g/mol. The first-order chi connectivity index (χ1) is 6.13. The summed E-state index contributed by atoms with van der Waals surface area (Å²) < 4.78 is 4.66. The Morgan fingerprint density at radius 1 is 1.31 bits per heavy atom. The molecule has 68 valence electrons.